The quantitative estimate of drug-likeness (QED) is 0.512. The number of halogens is 2. The summed E-state index contributed by atoms with van der Waals surface area (Å²) in [7, 11) is -2.48. The van der Waals surface area contributed by atoms with Gasteiger partial charge in [-0.05, 0) is 36.8 Å². The van der Waals surface area contributed by atoms with E-state index in [1.54, 1.807) is 30.3 Å². The molecule has 3 rings (SSSR count). The van der Waals surface area contributed by atoms with Crippen LogP contribution < -0.4 is 5.14 Å². The van der Waals surface area contributed by atoms with Crippen LogP contribution in [-0.2, 0) is 26.0 Å². The molecule has 30 heavy (non-hydrogen) atoms. The van der Waals surface area contributed by atoms with Crippen LogP contribution >= 0.6 is 23.2 Å². The third kappa shape index (κ3) is 5.20. The van der Waals surface area contributed by atoms with E-state index in [1.165, 1.54) is 19.2 Å². The predicted molar refractivity (Wildman–Crippen MR) is 114 cm³/mol. The molecule has 2 aromatic carbocycles. The van der Waals surface area contributed by atoms with Gasteiger partial charge in [-0.15, -0.1) is 0 Å². The molecule has 2 N–H and O–H groups in total. The Bertz CT molecular complexity index is 1170. The van der Waals surface area contributed by atoms with Crippen molar-refractivity contribution in [3.8, 4) is 22.6 Å². The fourth-order valence-electron chi connectivity index (χ4n) is 2.79. The number of nitrogens with two attached hydrogens (primary N) is 1. The number of aromatic nitrogens is 1. The molecule has 0 saturated heterocycles. The van der Waals surface area contributed by atoms with Crippen molar-refractivity contribution in [1.29, 1.82) is 0 Å². The molecule has 0 radical (unpaired) electrons. The molecule has 0 atom stereocenters. The summed E-state index contributed by atoms with van der Waals surface area (Å²) in [5.41, 5.74) is 1.79. The number of carbonyl (C=O) groups is 1. The van der Waals surface area contributed by atoms with Gasteiger partial charge in [0, 0.05) is 24.0 Å². The molecule has 0 aliphatic heterocycles. The zero-order valence-corrected chi connectivity index (χ0v) is 18.2. The van der Waals surface area contributed by atoms with Gasteiger partial charge in [0.15, 0.2) is 11.7 Å². The van der Waals surface area contributed by atoms with E-state index in [0.717, 1.165) is 0 Å². The lowest BCUT2D eigenvalue weighted by molar-refractivity contribution is -0.140. The summed E-state index contributed by atoms with van der Waals surface area (Å²) >= 11 is 12.2. The molecule has 0 unspecified atom stereocenters. The van der Waals surface area contributed by atoms with Gasteiger partial charge in [0.25, 0.3) is 0 Å². The largest absolute Gasteiger partial charge is 0.469 e. The molecule has 1 aromatic heterocycles. The Balaban J connectivity index is 2.00. The first-order valence-corrected chi connectivity index (χ1v) is 11.1. The lowest BCUT2D eigenvalue weighted by Crippen LogP contribution is -2.11. The number of aryl methyl sites for hydroxylation is 1. The molecule has 0 fully saturated rings. The lowest BCUT2D eigenvalue weighted by Gasteiger charge is -2.04. The van der Waals surface area contributed by atoms with Crippen molar-refractivity contribution in [1.82, 2.24) is 4.98 Å². The first-order chi connectivity index (χ1) is 14.2. The molecule has 0 spiro atoms. The van der Waals surface area contributed by atoms with E-state index in [4.69, 9.17) is 32.8 Å². The van der Waals surface area contributed by atoms with Crippen LogP contribution in [0.2, 0.25) is 10.0 Å². The van der Waals surface area contributed by atoms with Crippen molar-refractivity contribution in [3.63, 3.8) is 0 Å². The second kappa shape index (κ2) is 9.18. The minimum atomic E-state index is -3.81. The Hall–Kier alpha value is -2.39. The number of oxazole rings is 1. The zero-order chi connectivity index (χ0) is 21.9. The van der Waals surface area contributed by atoms with Crippen molar-refractivity contribution in [2.45, 2.75) is 24.2 Å². The monoisotopic (exact) mass is 468 g/mol. The average Bonchev–Trinajstić information content (AvgIpc) is 3.13. The summed E-state index contributed by atoms with van der Waals surface area (Å²) in [6.07, 6.45) is 1.15. The van der Waals surface area contributed by atoms with Crippen LogP contribution in [0.3, 0.4) is 0 Å². The van der Waals surface area contributed by atoms with Gasteiger partial charge in [-0.2, -0.15) is 0 Å². The smallest absolute Gasteiger partial charge is 0.305 e. The van der Waals surface area contributed by atoms with Gasteiger partial charge >= 0.3 is 5.97 Å². The number of nitrogens with zero attached hydrogens (tertiary/aromatic N) is 1. The summed E-state index contributed by atoms with van der Waals surface area (Å²) < 4.78 is 33.6. The van der Waals surface area contributed by atoms with Crippen molar-refractivity contribution >= 4 is 39.2 Å². The molecule has 0 aliphatic carbocycles. The summed E-state index contributed by atoms with van der Waals surface area (Å²) in [4.78, 5) is 15.9. The topological polar surface area (TPSA) is 112 Å². The number of hydrogen-bond donors (Lipinski definition) is 1. The van der Waals surface area contributed by atoms with Crippen LogP contribution in [0.5, 0.6) is 0 Å². The zero-order valence-electron chi connectivity index (χ0n) is 15.9. The Kier molecular flexibility index (Phi) is 6.82. The molecule has 1 heterocycles. The number of benzene rings is 2. The van der Waals surface area contributed by atoms with E-state index in [2.05, 4.69) is 9.72 Å². The molecule has 7 nitrogen and oxygen atoms in total. The van der Waals surface area contributed by atoms with Gasteiger partial charge in [0.1, 0.15) is 5.69 Å². The Morgan fingerprint density at radius 1 is 1.10 bits per heavy atom. The average molecular weight is 469 g/mol. The summed E-state index contributed by atoms with van der Waals surface area (Å²) in [6, 6.07) is 11.0. The van der Waals surface area contributed by atoms with Gasteiger partial charge in [-0.1, -0.05) is 35.3 Å². The second-order valence-electron chi connectivity index (χ2n) is 6.41. The first-order valence-electron chi connectivity index (χ1n) is 8.84. The number of carbonyl (C=O) groups excluding carboxylic acids is 1. The Labute approximate surface area is 183 Å². The number of ether oxygens (including phenoxy) is 1. The van der Waals surface area contributed by atoms with Crippen molar-refractivity contribution in [3.05, 3.63) is 58.4 Å². The van der Waals surface area contributed by atoms with Crippen molar-refractivity contribution in [2.75, 3.05) is 7.11 Å². The second-order valence-corrected chi connectivity index (χ2v) is 8.79. The van der Waals surface area contributed by atoms with Gasteiger partial charge < -0.3 is 9.15 Å². The van der Waals surface area contributed by atoms with E-state index < -0.39 is 10.0 Å². The molecule has 3 aromatic rings. The van der Waals surface area contributed by atoms with Crippen LogP contribution in [0, 0.1) is 0 Å². The number of methoxy groups -OCH3 is 1. The number of hydrogen-bond acceptors (Lipinski definition) is 6. The van der Waals surface area contributed by atoms with Crippen molar-refractivity contribution in [2.24, 2.45) is 5.14 Å². The molecule has 158 valence electrons. The highest BCUT2D eigenvalue weighted by atomic mass is 35.5. The third-order valence-corrected chi connectivity index (χ3v) is 5.98. The van der Waals surface area contributed by atoms with Gasteiger partial charge in [0.2, 0.25) is 10.0 Å². The van der Waals surface area contributed by atoms with E-state index in [9.17, 15) is 13.2 Å². The van der Waals surface area contributed by atoms with E-state index in [-0.39, 0.29) is 17.3 Å². The molecular formula is C20H18Cl2N2O5S. The van der Waals surface area contributed by atoms with Crippen LogP contribution in [0.4, 0.5) is 0 Å². The van der Waals surface area contributed by atoms with Gasteiger partial charge in [-0.25, -0.2) is 18.5 Å². The number of sulfonamides is 1. The van der Waals surface area contributed by atoms with Gasteiger partial charge in [0.05, 0.1) is 22.1 Å². The highest BCUT2D eigenvalue weighted by Crippen LogP contribution is 2.36. The maximum Gasteiger partial charge on any atom is 0.305 e. The number of rotatable bonds is 7. The van der Waals surface area contributed by atoms with E-state index in [1.807, 2.05) is 0 Å². The standard InChI is InChI=1S/C20H18Cl2N2O5S/c1-28-18(25)4-2-3-17-24-19(12-5-8-14(9-6-12)30(23,26)27)20(29-17)13-7-10-15(21)16(22)11-13/h5-11H,2-4H2,1H3,(H2,23,26,27). The molecule has 10 heteroatoms. The summed E-state index contributed by atoms with van der Waals surface area (Å²) in [5, 5.41) is 5.92. The third-order valence-electron chi connectivity index (χ3n) is 4.31. The molecule has 0 amide bonds. The van der Waals surface area contributed by atoms with Crippen LogP contribution in [0.1, 0.15) is 18.7 Å². The highest BCUT2D eigenvalue weighted by Gasteiger charge is 2.19. The number of esters is 1. The minimum Gasteiger partial charge on any atom is -0.469 e. The SMILES string of the molecule is COC(=O)CCCc1nc(-c2ccc(S(N)(=O)=O)cc2)c(-c2ccc(Cl)c(Cl)c2)o1. The highest BCUT2D eigenvalue weighted by molar-refractivity contribution is 7.89. The van der Waals surface area contributed by atoms with Crippen LogP contribution in [0.15, 0.2) is 51.8 Å². The fraction of sp³-hybridized carbons (Fsp3) is 0.200. The molecule has 0 saturated carbocycles. The maximum atomic E-state index is 11.5. The normalized spacial score (nSPS) is 11.5. The minimum absolute atomic E-state index is 0.0101. The molecule has 0 bridgehead atoms. The van der Waals surface area contributed by atoms with Gasteiger partial charge in [-0.3, -0.25) is 4.79 Å². The number of primary sulfonamides is 1. The van der Waals surface area contributed by atoms with Crippen molar-refractivity contribution < 1.29 is 22.4 Å². The molecular weight excluding hydrogens is 451 g/mol. The van der Waals surface area contributed by atoms with E-state index in [0.29, 0.717) is 51.4 Å². The Morgan fingerprint density at radius 3 is 2.37 bits per heavy atom. The Morgan fingerprint density at radius 2 is 1.77 bits per heavy atom. The molecule has 0 aliphatic rings. The predicted octanol–water partition coefficient (Wildman–Crippen LogP) is 4.46. The van der Waals surface area contributed by atoms with E-state index >= 15 is 0 Å². The fourth-order valence-corrected chi connectivity index (χ4v) is 3.60. The lowest BCUT2D eigenvalue weighted by atomic mass is 10.1. The van der Waals surface area contributed by atoms with Crippen LogP contribution in [0.25, 0.3) is 22.6 Å². The summed E-state index contributed by atoms with van der Waals surface area (Å²) in [6.45, 7) is 0. The summed E-state index contributed by atoms with van der Waals surface area (Å²) in [5.74, 6) is 0.556. The first kappa shape index (κ1) is 22.3. The van der Waals surface area contributed by atoms with Crippen LogP contribution in [-0.4, -0.2) is 26.5 Å². The maximum absolute atomic E-state index is 11.5.